The molecule has 3 rings (SSSR count). The fourth-order valence-electron chi connectivity index (χ4n) is 2.26. The molecule has 0 radical (unpaired) electrons. The predicted octanol–water partition coefficient (Wildman–Crippen LogP) is 4.01. The number of hydrogen-bond acceptors (Lipinski definition) is 3. The Morgan fingerprint density at radius 3 is 2.76 bits per heavy atom. The van der Waals surface area contributed by atoms with Gasteiger partial charge in [-0.05, 0) is 49.2 Å². The van der Waals surface area contributed by atoms with Gasteiger partial charge in [-0.15, -0.1) is 0 Å². The minimum absolute atomic E-state index is 0.153. The van der Waals surface area contributed by atoms with Gasteiger partial charge in [0.25, 0.3) is 5.91 Å². The Labute approximate surface area is 122 Å². The van der Waals surface area contributed by atoms with Crippen molar-refractivity contribution in [3.63, 3.8) is 0 Å². The van der Waals surface area contributed by atoms with E-state index < -0.39 is 0 Å². The highest BCUT2D eigenvalue weighted by atomic mass is 16.3. The lowest BCUT2D eigenvalue weighted by atomic mass is 10.1. The number of oxazole rings is 1. The topological polar surface area (TPSA) is 55.1 Å². The molecule has 4 nitrogen and oxygen atoms in total. The number of aromatic nitrogens is 1. The molecule has 106 valence electrons. The number of carbonyl (C=O) groups excluding carboxylic acids is 1. The van der Waals surface area contributed by atoms with Gasteiger partial charge in [-0.1, -0.05) is 12.1 Å². The number of fused-ring (bicyclic) bond motifs is 1. The van der Waals surface area contributed by atoms with E-state index in [9.17, 15) is 4.79 Å². The normalized spacial score (nSPS) is 10.8. The summed E-state index contributed by atoms with van der Waals surface area (Å²) in [5.41, 5.74) is 4.99. The van der Waals surface area contributed by atoms with E-state index in [0.717, 1.165) is 22.3 Å². The van der Waals surface area contributed by atoms with E-state index in [1.807, 2.05) is 32.0 Å². The van der Waals surface area contributed by atoms with Gasteiger partial charge in [0.05, 0.1) is 0 Å². The number of benzene rings is 2. The van der Waals surface area contributed by atoms with Crippen LogP contribution in [0.1, 0.15) is 27.4 Å². The summed E-state index contributed by atoms with van der Waals surface area (Å²) in [6, 6.07) is 11.1. The average Bonchev–Trinajstić information content (AvgIpc) is 2.82. The highest BCUT2D eigenvalue weighted by Crippen LogP contribution is 2.21. The van der Waals surface area contributed by atoms with Crippen LogP contribution in [-0.4, -0.2) is 10.9 Å². The first-order valence-electron chi connectivity index (χ1n) is 6.79. The van der Waals surface area contributed by atoms with E-state index in [-0.39, 0.29) is 5.91 Å². The standard InChI is InChI=1S/C17H16N2O2/c1-10-5-4-6-14(11(10)2)19-17(20)13-7-8-15-16(9-13)21-12(3)18-15/h4-9H,1-3H3,(H,19,20). The number of nitrogens with one attached hydrogen (secondary N) is 1. The van der Waals surface area contributed by atoms with Gasteiger partial charge in [-0.2, -0.15) is 0 Å². The third kappa shape index (κ3) is 2.52. The number of nitrogens with zero attached hydrogens (tertiary/aromatic N) is 1. The van der Waals surface area contributed by atoms with Crippen molar-refractivity contribution in [1.29, 1.82) is 0 Å². The van der Waals surface area contributed by atoms with Crippen molar-refractivity contribution >= 4 is 22.7 Å². The van der Waals surface area contributed by atoms with Gasteiger partial charge in [0.1, 0.15) is 5.52 Å². The Morgan fingerprint density at radius 1 is 1.14 bits per heavy atom. The van der Waals surface area contributed by atoms with Crippen molar-refractivity contribution in [3.8, 4) is 0 Å². The Bertz CT molecular complexity index is 834. The van der Waals surface area contributed by atoms with Crippen LogP contribution in [0.4, 0.5) is 5.69 Å². The van der Waals surface area contributed by atoms with Gasteiger partial charge in [0, 0.05) is 18.2 Å². The lowest BCUT2D eigenvalue weighted by Crippen LogP contribution is -2.12. The molecule has 1 N–H and O–H groups in total. The van der Waals surface area contributed by atoms with Crippen molar-refractivity contribution in [1.82, 2.24) is 4.98 Å². The molecule has 3 aromatic rings. The van der Waals surface area contributed by atoms with E-state index in [0.29, 0.717) is 17.0 Å². The van der Waals surface area contributed by atoms with E-state index in [2.05, 4.69) is 10.3 Å². The van der Waals surface area contributed by atoms with Crippen LogP contribution in [0.25, 0.3) is 11.1 Å². The molecule has 0 aliphatic heterocycles. The number of anilines is 1. The smallest absolute Gasteiger partial charge is 0.255 e. The van der Waals surface area contributed by atoms with Gasteiger partial charge < -0.3 is 9.73 Å². The van der Waals surface area contributed by atoms with Crippen LogP contribution in [0.3, 0.4) is 0 Å². The van der Waals surface area contributed by atoms with Crippen LogP contribution in [0.15, 0.2) is 40.8 Å². The molecule has 4 heteroatoms. The number of amides is 1. The summed E-state index contributed by atoms with van der Waals surface area (Å²) in [6.07, 6.45) is 0. The quantitative estimate of drug-likeness (QED) is 0.771. The Morgan fingerprint density at radius 2 is 1.95 bits per heavy atom. The molecule has 0 unspecified atom stereocenters. The van der Waals surface area contributed by atoms with Crippen molar-refractivity contribution in [3.05, 3.63) is 59.0 Å². The molecule has 0 atom stereocenters. The van der Waals surface area contributed by atoms with E-state index >= 15 is 0 Å². The van der Waals surface area contributed by atoms with Crippen LogP contribution in [0.5, 0.6) is 0 Å². The molecule has 0 saturated heterocycles. The molecule has 21 heavy (non-hydrogen) atoms. The summed E-state index contributed by atoms with van der Waals surface area (Å²) in [6.45, 7) is 5.80. The lowest BCUT2D eigenvalue weighted by Gasteiger charge is -2.10. The SMILES string of the molecule is Cc1nc2ccc(C(=O)Nc3cccc(C)c3C)cc2o1. The van der Waals surface area contributed by atoms with Gasteiger partial charge in [0.2, 0.25) is 0 Å². The second kappa shape index (κ2) is 5.05. The largest absolute Gasteiger partial charge is 0.441 e. The summed E-state index contributed by atoms with van der Waals surface area (Å²) in [5, 5.41) is 2.94. The van der Waals surface area contributed by atoms with Gasteiger partial charge >= 0.3 is 0 Å². The minimum Gasteiger partial charge on any atom is -0.441 e. The molecule has 0 bridgehead atoms. The zero-order chi connectivity index (χ0) is 15.0. The first kappa shape index (κ1) is 13.4. The Hall–Kier alpha value is -2.62. The molecular weight excluding hydrogens is 264 g/mol. The number of aryl methyl sites for hydroxylation is 2. The van der Waals surface area contributed by atoms with E-state index in [4.69, 9.17) is 4.42 Å². The second-order valence-electron chi connectivity index (χ2n) is 5.12. The molecule has 0 spiro atoms. The molecule has 2 aromatic carbocycles. The molecule has 1 amide bonds. The first-order chi connectivity index (χ1) is 10.0. The zero-order valence-corrected chi connectivity index (χ0v) is 12.2. The Balaban J connectivity index is 1.91. The van der Waals surface area contributed by atoms with Crippen LogP contribution in [0.2, 0.25) is 0 Å². The summed E-state index contributed by atoms with van der Waals surface area (Å²) in [4.78, 5) is 16.6. The van der Waals surface area contributed by atoms with Crippen LogP contribution < -0.4 is 5.32 Å². The molecule has 1 aromatic heterocycles. The molecule has 0 saturated carbocycles. The second-order valence-corrected chi connectivity index (χ2v) is 5.12. The lowest BCUT2D eigenvalue weighted by molar-refractivity contribution is 0.102. The van der Waals surface area contributed by atoms with Gasteiger partial charge in [-0.3, -0.25) is 4.79 Å². The molecular formula is C17H16N2O2. The van der Waals surface area contributed by atoms with Crippen molar-refractivity contribution in [2.45, 2.75) is 20.8 Å². The van der Waals surface area contributed by atoms with Gasteiger partial charge in [0.15, 0.2) is 11.5 Å². The molecule has 0 aliphatic rings. The summed E-state index contributed by atoms with van der Waals surface area (Å²) < 4.78 is 5.46. The number of hydrogen-bond donors (Lipinski definition) is 1. The van der Waals surface area contributed by atoms with E-state index in [1.165, 1.54) is 0 Å². The molecule has 0 fully saturated rings. The highest BCUT2D eigenvalue weighted by molar-refractivity contribution is 6.06. The summed E-state index contributed by atoms with van der Waals surface area (Å²) in [7, 11) is 0. The van der Waals surface area contributed by atoms with Crippen molar-refractivity contribution < 1.29 is 9.21 Å². The predicted molar refractivity (Wildman–Crippen MR) is 82.6 cm³/mol. The number of carbonyl (C=O) groups is 1. The first-order valence-corrected chi connectivity index (χ1v) is 6.79. The average molecular weight is 280 g/mol. The van der Waals surface area contributed by atoms with Crippen LogP contribution in [-0.2, 0) is 0 Å². The Kier molecular flexibility index (Phi) is 3.22. The molecule has 0 aliphatic carbocycles. The van der Waals surface area contributed by atoms with Crippen molar-refractivity contribution in [2.75, 3.05) is 5.32 Å². The maximum Gasteiger partial charge on any atom is 0.255 e. The molecule has 1 heterocycles. The van der Waals surface area contributed by atoms with E-state index in [1.54, 1.807) is 25.1 Å². The summed E-state index contributed by atoms with van der Waals surface area (Å²) in [5.74, 6) is 0.441. The monoisotopic (exact) mass is 280 g/mol. The third-order valence-electron chi connectivity index (χ3n) is 3.61. The van der Waals surface area contributed by atoms with Crippen molar-refractivity contribution in [2.24, 2.45) is 0 Å². The van der Waals surface area contributed by atoms with Crippen LogP contribution >= 0.6 is 0 Å². The van der Waals surface area contributed by atoms with Gasteiger partial charge in [-0.25, -0.2) is 4.98 Å². The third-order valence-corrected chi connectivity index (χ3v) is 3.61. The fraction of sp³-hybridized carbons (Fsp3) is 0.176. The fourth-order valence-corrected chi connectivity index (χ4v) is 2.26. The minimum atomic E-state index is -0.153. The zero-order valence-electron chi connectivity index (χ0n) is 12.2. The maximum absolute atomic E-state index is 12.4. The maximum atomic E-state index is 12.4. The summed E-state index contributed by atoms with van der Waals surface area (Å²) >= 11 is 0. The highest BCUT2D eigenvalue weighted by Gasteiger charge is 2.11. The number of rotatable bonds is 2. The van der Waals surface area contributed by atoms with Crippen LogP contribution in [0, 0.1) is 20.8 Å².